The van der Waals surface area contributed by atoms with Gasteiger partial charge in [0.1, 0.15) is 5.75 Å². The van der Waals surface area contributed by atoms with Gasteiger partial charge in [-0.25, -0.2) is 8.42 Å². The van der Waals surface area contributed by atoms with Crippen LogP contribution in [0.1, 0.15) is 44.7 Å². The summed E-state index contributed by atoms with van der Waals surface area (Å²) in [7, 11) is 1.73. The van der Waals surface area contributed by atoms with Crippen LogP contribution in [0.25, 0.3) is 0 Å². The molecule has 0 unspecified atom stereocenters. The zero-order chi connectivity index (χ0) is 14.8. The van der Waals surface area contributed by atoms with Gasteiger partial charge in [-0.3, -0.25) is 0 Å². The fraction of sp³-hybridized carbons (Fsp3) is 0.571. The third-order valence-electron chi connectivity index (χ3n) is 2.76. The molecule has 108 valence electrons. The molecular formula is C14H21ClO3S. The van der Waals surface area contributed by atoms with Gasteiger partial charge in [0.2, 0.25) is 0 Å². The Morgan fingerprint density at radius 1 is 1.21 bits per heavy atom. The van der Waals surface area contributed by atoms with Crippen LogP contribution in [-0.4, -0.2) is 15.0 Å². The Morgan fingerprint density at radius 3 is 2.21 bits per heavy atom. The van der Waals surface area contributed by atoms with Gasteiger partial charge in [0.25, 0.3) is 9.05 Å². The molecule has 0 spiro atoms. The molecule has 0 N–H and O–H groups in total. The van der Waals surface area contributed by atoms with E-state index in [1.165, 1.54) is 0 Å². The lowest BCUT2D eigenvalue weighted by Gasteiger charge is -2.17. The van der Waals surface area contributed by atoms with E-state index in [1.54, 1.807) is 19.1 Å². The van der Waals surface area contributed by atoms with E-state index in [2.05, 4.69) is 13.8 Å². The van der Waals surface area contributed by atoms with Gasteiger partial charge >= 0.3 is 0 Å². The Labute approximate surface area is 120 Å². The van der Waals surface area contributed by atoms with Crippen molar-refractivity contribution < 1.29 is 13.2 Å². The maximum atomic E-state index is 11.5. The molecule has 1 aromatic rings. The second kappa shape index (κ2) is 6.14. The van der Waals surface area contributed by atoms with Gasteiger partial charge in [-0.2, -0.15) is 0 Å². The van der Waals surface area contributed by atoms with Gasteiger partial charge < -0.3 is 4.74 Å². The summed E-state index contributed by atoms with van der Waals surface area (Å²) < 4.78 is 28.8. The van der Waals surface area contributed by atoms with Crippen LogP contribution in [0.4, 0.5) is 0 Å². The van der Waals surface area contributed by atoms with Crippen molar-refractivity contribution in [1.82, 2.24) is 0 Å². The Balaban J connectivity index is 3.30. The first-order valence-electron chi connectivity index (χ1n) is 6.35. The molecular weight excluding hydrogens is 284 g/mol. The average molecular weight is 305 g/mol. The van der Waals surface area contributed by atoms with Gasteiger partial charge in [0, 0.05) is 10.7 Å². The van der Waals surface area contributed by atoms with E-state index >= 15 is 0 Å². The molecule has 5 heteroatoms. The van der Waals surface area contributed by atoms with Crippen LogP contribution in [-0.2, 0) is 9.05 Å². The molecule has 0 saturated carbocycles. The molecule has 0 bridgehead atoms. The smallest absolute Gasteiger partial charge is 0.261 e. The highest BCUT2D eigenvalue weighted by Crippen LogP contribution is 2.33. The van der Waals surface area contributed by atoms with Crippen molar-refractivity contribution in [2.24, 2.45) is 5.92 Å². The first-order valence-corrected chi connectivity index (χ1v) is 8.65. The Hall–Kier alpha value is -0.740. The van der Waals surface area contributed by atoms with E-state index in [-0.39, 0.29) is 10.8 Å². The Kier molecular flexibility index (Phi) is 5.27. The molecule has 0 radical (unpaired) electrons. The monoisotopic (exact) mass is 304 g/mol. The molecule has 1 rings (SSSR count). The van der Waals surface area contributed by atoms with Gasteiger partial charge in [-0.1, -0.05) is 27.7 Å². The molecule has 0 amide bonds. The Bertz CT molecular complexity index is 548. The van der Waals surface area contributed by atoms with Crippen LogP contribution in [0.15, 0.2) is 17.0 Å². The SMILES string of the molecule is Cc1cc(OCC(C)C)c(C(C)C)cc1S(=O)(=O)Cl. The molecule has 0 saturated heterocycles. The quantitative estimate of drug-likeness (QED) is 0.770. The third kappa shape index (κ3) is 4.39. The average Bonchev–Trinajstić information content (AvgIpc) is 2.23. The third-order valence-corrected chi connectivity index (χ3v) is 4.23. The summed E-state index contributed by atoms with van der Waals surface area (Å²) in [5, 5.41) is 0. The van der Waals surface area contributed by atoms with E-state index in [0.717, 1.165) is 11.3 Å². The summed E-state index contributed by atoms with van der Waals surface area (Å²) in [5.74, 6) is 1.32. The molecule has 19 heavy (non-hydrogen) atoms. The van der Waals surface area contributed by atoms with Crippen LogP contribution in [0, 0.1) is 12.8 Å². The van der Waals surface area contributed by atoms with Crippen molar-refractivity contribution in [3.8, 4) is 5.75 Å². The summed E-state index contributed by atoms with van der Waals surface area (Å²) in [5.41, 5.74) is 1.48. The van der Waals surface area contributed by atoms with Gasteiger partial charge in [-0.15, -0.1) is 0 Å². The molecule has 0 aliphatic carbocycles. The lowest BCUT2D eigenvalue weighted by atomic mass is 10.0. The molecule has 0 aromatic heterocycles. The van der Waals surface area contributed by atoms with Crippen molar-refractivity contribution >= 4 is 19.7 Å². The largest absolute Gasteiger partial charge is 0.493 e. The lowest BCUT2D eigenvalue weighted by Crippen LogP contribution is -2.08. The van der Waals surface area contributed by atoms with E-state index in [4.69, 9.17) is 15.4 Å². The minimum absolute atomic E-state index is 0.162. The minimum atomic E-state index is -3.72. The van der Waals surface area contributed by atoms with Crippen LogP contribution < -0.4 is 4.74 Å². The summed E-state index contributed by atoms with van der Waals surface area (Å²) in [6.45, 7) is 10.5. The minimum Gasteiger partial charge on any atom is -0.493 e. The summed E-state index contributed by atoms with van der Waals surface area (Å²) in [6, 6.07) is 3.38. The maximum absolute atomic E-state index is 11.5. The van der Waals surface area contributed by atoms with Gasteiger partial charge in [0.05, 0.1) is 11.5 Å². The van der Waals surface area contributed by atoms with Crippen molar-refractivity contribution in [3.05, 3.63) is 23.3 Å². The molecule has 0 fully saturated rings. The van der Waals surface area contributed by atoms with Crippen LogP contribution >= 0.6 is 10.7 Å². The van der Waals surface area contributed by atoms with Crippen molar-refractivity contribution in [3.63, 3.8) is 0 Å². The van der Waals surface area contributed by atoms with Crippen molar-refractivity contribution in [2.45, 2.75) is 45.4 Å². The van der Waals surface area contributed by atoms with Gasteiger partial charge in [-0.05, 0) is 42.0 Å². The zero-order valence-corrected chi connectivity index (χ0v) is 13.6. The second-order valence-corrected chi connectivity index (χ2v) is 7.99. The molecule has 0 atom stereocenters. The maximum Gasteiger partial charge on any atom is 0.261 e. The van der Waals surface area contributed by atoms with Crippen molar-refractivity contribution in [2.75, 3.05) is 6.61 Å². The highest BCUT2D eigenvalue weighted by atomic mass is 35.7. The second-order valence-electron chi connectivity index (χ2n) is 5.45. The highest BCUT2D eigenvalue weighted by molar-refractivity contribution is 8.13. The molecule has 0 aliphatic rings. The molecule has 0 aliphatic heterocycles. The summed E-state index contributed by atoms with van der Waals surface area (Å²) in [4.78, 5) is 0.162. The Morgan fingerprint density at radius 2 is 1.79 bits per heavy atom. The van der Waals surface area contributed by atoms with Crippen LogP contribution in [0.5, 0.6) is 5.75 Å². The standard InChI is InChI=1S/C14H21ClO3S/c1-9(2)8-18-13-6-11(5)14(19(15,16)17)7-12(13)10(3)4/h6-7,9-10H,8H2,1-5H3. The topological polar surface area (TPSA) is 43.4 Å². The van der Waals surface area contributed by atoms with E-state index in [9.17, 15) is 8.42 Å². The number of halogens is 1. The van der Waals surface area contributed by atoms with E-state index < -0.39 is 9.05 Å². The number of ether oxygens (including phenoxy) is 1. The number of hydrogen-bond acceptors (Lipinski definition) is 3. The van der Waals surface area contributed by atoms with Crippen LogP contribution in [0.2, 0.25) is 0 Å². The van der Waals surface area contributed by atoms with Crippen molar-refractivity contribution in [1.29, 1.82) is 0 Å². The summed E-state index contributed by atoms with van der Waals surface area (Å²) >= 11 is 0. The number of benzene rings is 1. The first-order chi connectivity index (χ1) is 8.62. The molecule has 3 nitrogen and oxygen atoms in total. The predicted octanol–water partition coefficient (Wildman–Crippen LogP) is 4.08. The number of rotatable bonds is 5. The molecule has 0 heterocycles. The fourth-order valence-corrected chi connectivity index (χ4v) is 2.98. The van der Waals surface area contributed by atoms with E-state index in [1.807, 2.05) is 13.8 Å². The fourth-order valence-electron chi connectivity index (χ4n) is 1.77. The lowest BCUT2D eigenvalue weighted by molar-refractivity contribution is 0.267. The van der Waals surface area contributed by atoms with Crippen LogP contribution in [0.3, 0.4) is 0 Å². The van der Waals surface area contributed by atoms with E-state index in [0.29, 0.717) is 18.1 Å². The zero-order valence-electron chi connectivity index (χ0n) is 12.0. The highest BCUT2D eigenvalue weighted by Gasteiger charge is 2.19. The molecule has 1 aromatic carbocycles. The van der Waals surface area contributed by atoms with Gasteiger partial charge in [0.15, 0.2) is 0 Å². The summed E-state index contributed by atoms with van der Waals surface area (Å²) in [6.07, 6.45) is 0. The number of aryl methyl sites for hydroxylation is 1. The first kappa shape index (κ1) is 16.3. The predicted molar refractivity (Wildman–Crippen MR) is 78.6 cm³/mol. The number of hydrogen-bond donors (Lipinski definition) is 0. The normalized spacial score (nSPS) is 12.2.